The minimum Gasteiger partial charge on any atom is -0.507 e. The predicted octanol–water partition coefficient (Wildman–Crippen LogP) is 5.15. The van der Waals surface area contributed by atoms with E-state index in [1.165, 1.54) is 0 Å². The van der Waals surface area contributed by atoms with Crippen LogP contribution in [0.4, 0.5) is 0 Å². The molecule has 3 heteroatoms. The van der Waals surface area contributed by atoms with Crippen LogP contribution in [0.5, 0.6) is 11.5 Å². The Kier molecular flexibility index (Phi) is 5.69. The predicted molar refractivity (Wildman–Crippen MR) is 103 cm³/mol. The highest BCUT2D eigenvalue weighted by Crippen LogP contribution is 2.30. The summed E-state index contributed by atoms with van der Waals surface area (Å²) >= 11 is 0. The summed E-state index contributed by atoms with van der Waals surface area (Å²) in [4.78, 5) is 12.7. The Morgan fingerprint density at radius 2 is 1.58 bits per heavy atom. The number of benzene rings is 3. The van der Waals surface area contributed by atoms with E-state index in [2.05, 4.69) is 0 Å². The highest BCUT2D eigenvalue weighted by molar-refractivity contribution is 6.10. The summed E-state index contributed by atoms with van der Waals surface area (Å²) in [5.41, 5.74) is 2.59. The first-order valence-corrected chi connectivity index (χ1v) is 8.82. The molecular formula is C23H22O3. The van der Waals surface area contributed by atoms with Crippen LogP contribution in [0.3, 0.4) is 0 Å². The van der Waals surface area contributed by atoms with Gasteiger partial charge in [0, 0.05) is 11.1 Å². The molecule has 0 bridgehead atoms. The third kappa shape index (κ3) is 3.94. The van der Waals surface area contributed by atoms with E-state index in [0.717, 1.165) is 23.3 Å². The lowest BCUT2D eigenvalue weighted by Crippen LogP contribution is -2.07. The number of rotatable bonds is 7. The molecule has 0 spiro atoms. The Hall–Kier alpha value is -3.07. The number of hydrogen-bond acceptors (Lipinski definition) is 3. The molecule has 3 nitrogen and oxygen atoms in total. The van der Waals surface area contributed by atoms with Crippen molar-refractivity contribution in [3.05, 3.63) is 95.1 Å². The van der Waals surface area contributed by atoms with E-state index in [1.807, 2.05) is 61.5 Å². The summed E-state index contributed by atoms with van der Waals surface area (Å²) in [5.74, 6) is 0.671. The second-order valence-corrected chi connectivity index (χ2v) is 6.15. The average molecular weight is 346 g/mol. The van der Waals surface area contributed by atoms with E-state index in [0.29, 0.717) is 24.2 Å². The molecular weight excluding hydrogens is 324 g/mol. The number of carbonyl (C=O) groups is 1. The maximum atomic E-state index is 12.7. The lowest BCUT2D eigenvalue weighted by Gasteiger charge is -2.15. The Morgan fingerprint density at radius 1 is 0.923 bits per heavy atom. The van der Waals surface area contributed by atoms with E-state index in [9.17, 15) is 9.90 Å². The van der Waals surface area contributed by atoms with Crippen molar-refractivity contribution < 1.29 is 14.6 Å². The number of aromatic hydroxyl groups is 1. The van der Waals surface area contributed by atoms with Crippen molar-refractivity contribution in [2.45, 2.75) is 26.4 Å². The molecule has 0 radical (unpaired) electrons. The van der Waals surface area contributed by atoms with Crippen LogP contribution >= 0.6 is 0 Å². The Bertz CT molecular complexity index is 871. The number of phenolic OH excluding ortho intramolecular Hbond substituents is 1. The lowest BCUT2D eigenvalue weighted by atomic mass is 9.94. The Morgan fingerprint density at radius 3 is 2.23 bits per heavy atom. The third-order valence-electron chi connectivity index (χ3n) is 4.30. The van der Waals surface area contributed by atoms with Crippen molar-refractivity contribution in [1.29, 1.82) is 0 Å². The van der Waals surface area contributed by atoms with E-state index in [-0.39, 0.29) is 11.5 Å². The largest absolute Gasteiger partial charge is 0.507 e. The Balaban J connectivity index is 1.90. The zero-order valence-corrected chi connectivity index (χ0v) is 14.8. The summed E-state index contributed by atoms with van der Waals surface area (Å²) < 4.78 is 5.82. The van der Waals surface area contributed by atoms with Gasteiger partial charge in [-0.25, -0.2) is 0 Å². The van der Waals surface area contributed by atoms with E-state index < -0.39 is 0 Å². The van der Waals surface area contributed by atoms with Crippen LogP contribution in [-0.4, -0.2) is 10.9 Å². The number of ether oxygens (including phenoxy) is 1. The second-order valence-electron chi connectivity index (χ2n) is 6.15. The number of para-hydroxylation sites is 1. The van der Waals surface area contributed by atoms with Gasteiger partial charge in [0.25, 0.3) is 0 Å². The molecule has 0 unspecified atom stereocenters. The summed E-state index contributed by atoms with van der Waals surface area (Å²) in [6.45, 7) is 2.40. The first-order chi connectivity index (χ1) is 12.7. The van der Waals surface area contributed by atoms with Gasteiger partial charge in [-0.3, -0.25) is 4.79 Å². The van der Waals surface area contributed by atoms with E-state index in [4.69, 9.17) is 4.74 Å². The topological polar surface area (TPSA) is 46.5 Å². The van der Waals surface area contributed by atoms with Gasteiger partial charge in [-0.1, -0.05) is 67.9 Å². The highest BCUT2D eigenvalue weighted by atomic mass is 16.5. The maximum Gasteiger partial charge on any atom is 0.196 e. The molecule has 3 rings (SSSR count). The van der Waals surface area contributed by atoms with Gasteiger partial charge in [0.1, 0.15) is 18.1 Å². The van der Waals surface area contributed by atoms with Crippen LogP contribution < -0.4 is 4.74 Å². The van der Waals surface area contributed by atoms with Crippen molar-refractivity contribution in [3.63, 3.8) is 0 Å². The molecule has 0 atom stereocenters. The van der Waals surface area contributed by atoms with Crippen molar-refractivity contribution >= 4 is 5.78 Å². The minimum absolute atomic E-state index is 0.0647. The molecule has 0 heterocycles. The van der Waals surface area contributed by atoms with Crippen molar-refractivity contribution in [3.8, 4) is 11.5 Å². The highest BCUT2D eigenvalue weighted by Gasteiger charge is 2.18. The fraction of sp³-hybridized carbons (Fsp3) is 0.174. The Labute approximate surface area is 153 Å². The smallest absolute Gasteiger partial charge is 0.196 e. The molecule has 3 aromatic carbocycles. The third-order valence-corrected chi connectivity index (χ3v) is 4.30. The van der Waals surface area contributed by atoms with Crippen LogP contribution in [0.2, 0.25) is 0 Å². The molecule has 0 saturated heterocycles. The van der Waals surface area contributed by atoms with Crippen LogP contribution in [0.1, 0.15) is 40.4 Å². The number of carbonyl (C=O) groups excluding carboxylic acids is 1. The minimum atomic E-state index is -0.170. The molecule has 3 aromatic rings. The summed E-state index contributed by atoms with van der Waals surface area (Å²) in [5, 5.41) is 10.8. The number of ketones is 1. The van der Waals surface area contributed by atoms with Gasteiger partial charge in [-0.15, -0.1) is 0 Å². The van der Waals surface area contributed by atoms with Gasteiger partial charge in [0.15, 0.2) is 5.78 Å². The van der Waals surface area contributed by atoms with Crippen molar-refractivity contribution in [2.24, 2.45) is 0 Å². The van der Waals surface area contributed by atoms with Crippen molar-refractivity contribution in [2.75, 3.05) is 0 Å². The average Bonchev–Trinajstić information content (AvgIpc) is 2.69. The van der Waals surface area contributed by atoms with Crippen LogP contribution in [0, 0.1) is 0 Å². The molecule has 0 aliphatic carbocycles. The SMILES string of the molecule is CCCc1c(COc2ccccc2)ccc(C(=O)c2ccccc2)c1O. The van der Waals surface area contributed by atoms with Gasteiger partial charge in [-0.05, 0) is 30.2 Å². The zero-order chi connectivity index (χ0) is 18.4. The van der Waals surface area contributed by atoms with E-state index in [1.54, 1.807) is 18.2 Å². The molecule has 132 valence electrons. The van der Waals surface area contributed by atoms with Crippen molar-refractivity contribution in [1.82, 2.24) is 0 Å². The number of phenols is 1. The lowest BCUT2D eigenvalue weighted by molar-refractivity contribution is 0.103. The zero-order valence-electron chi connectivity index (χ0n) is 14.8. The van der Waals surface area contributed by atoms with E-state index >= 15 is 0 Å². The maximum absolute atomic E-state index is 12.7. The second kappa shape index (κ2) is 8.34. The molecule has 26 heavy (non-hydrogen) atoms. The summed E-state index contributed by atoms with van der Waals surface area (Å²) in [6.07, 6.45) is 1.56. The molecule has 0 fully saturated rings. The molecule has 0 aliphatic heterocycles. The number of hydrogen-bond donors (Lipinski definition) is 1. The van der Waals surface area contributed by atoms with Crippen LogP contribution in [0.15, 0.2) is 72.8 Å². The van der Waals surface area contributed by atoms with Crippen LogP contribution in [-0.2, 0) is 13.0 Å². The molecule has 0 aromatic heterocycles. The summed E-state index contributed by atoms with van der Waals surface area (Å²) in [6, 6.07) is 22.1. The normalized spacial score (nSPS) is 10.5. The van der Waals surface area contributed by atoms with Gasteiger partial charge < -0.3 is 9.84 Å². The van der Waals surface area contributed by atoms with Gasteiger partial charge in [0.05, 0.1) is 5.56 Å². The monoisotopic (exact) mass is 346 g/mol. The standard InChI is InChI=1S/C23H22O3/c1-2-9-20-18(16-26-19-12-7-4-8-13-19)14-15-21(23(20)25)22(24)17-10-5-3-6-11-17/h3-8,10-15,25H,2,9,16H2,1H3. The van der Waals surface area contributed by atoms with Gasteiger partial charge >= 0.3 is 0 Å². The van der Waals surface area contributed by atoms with Gasteiger partial charge in [-0.2, -0.15) is 0 Å². The van der Waals surface area contributed by atoms with Gasteiger partial charge in [0.2, 0.25) is 0 Å². The molecule has 1 N–H and O–H groups in total. The van der Waals surface area contributed by atoms with Crippen LogP contribution in [0.25, 0.3) is 0 Å². The molecule has 0 saturated carbocycles. The fourth-order valence-corrected chi connectivity index (χ4v) is 2.95. The fourth-order valence-electron chi connectivity index (χ4n) is 2.95. The molecule has 0 amide bonds. The molecule has 0 aliphatic rings. The quantitative estimate of drug-likeness (QED) is 0.602. The first-order valence-electron chi connectivity index (χ1n) is 8.82. The first kappa shape index (κ1) is 17.7. The summed E-state index contributed by atoms with van der Waals surface area (Å²) in [7, 11) is 0.